The molecule has 180 valence electrons. The molecule has 2 atom stereocenters. The lowest BCUT2D eigenvalue weighted by atomic mass is 9.73. The molecule has 34 heavy (non-hydrogen) atoms. The summed E-state index contributed by atoms with van der Waals surface area (Å²) in [5.74, 6) is 0.0483. The number of dihydropyridines is 1. The van der Waals surface area contributed by atoms with E-state index in [-0.39, 0.29) is 24.4 Å². The van der Waals surface area contributed by atoms with Gasteiger partial charge in [-0.1, -0.05) is 18.2 Å². The van der Waals surface area contributed by atoms with Crippen LogP contribution in [0.1, 0.15) is 55.9 Å². The van der Waals surface area contributed by atoms with Gasteiger partial charge in [-0.3, -0.25) is 4.79 Å². The molecule has 1 N–H and O–H groups in total. The Bertz CT molecular complexity index is 1120. The number of methoxy groups -OCH3 is 1. The highest BCUT2D eigenvalue weighted by Gasteiger charge is 2.41. The second kappa shape index (κ2) is 10.6. The highest BCUT2D eigenvalue weighted by atomic mass is 32.1. The van der Waals surface area contributed by atoms with Crippen LogP contribution in [-0.4, -0.2) is 38.2 Å². The number of carbonyl (C=O) groups is 2. The Morgan fingerprint density at radius 3 is 2.71 bits per heavy atom. The first-order valence-corrected chi connectivity index (χ1v) is 12.5. The normalized spacial score (nSPS) is 20.3. The van der Waals surface area contributed by atoms with E-state index >= 15 is 0 Å². The fourth-order valence-electron chi connectivity index (χ4n) is 4.68. The molecule has 0 bridgehead atoms. The Morgan fingerprint density at radius 2 is 2.00 bits per heavy atom. The molecule has 2 aromatic rings. The summed E-state index contributed by atoms with van der Waals surface area (Å²) in [6, 6.07) is 11.8. The minimum atomic E-state index is -0.423. The van der Waals surface area contributed by atoms with E-state index in [0.717, 1.165) is 27.6 Å². The summed E-state index contributed by atoms with van der Waals surface area (Å²) in [7, 11) is 1.64. The van der Waals surface area contributed by atoms with E-state index in [1.165, 1.54) is 0 Å². The third-order valence-electron chi connectivity index (χ3n) is 6.21. The lowest BCUT2D eigenvalue weighted by molar-refractivity contribution is -0.141. The molecule has 0 unspecified atom stereocenters. The molecule has 1 aromatic carbocycles. The fourth-order valence-corrected chi connectivity index (χ4v) is 5.52. The molecular formula is C27H31NO5S. The predicted molar refractivity (Wildman–Crippen MR) is 132 cm³/mol. The number of nitrogens with one attached hydrogen (secondary N) is 1. The summed E-state index contributed by atoms with van der Waals surface area (Å²) in [4.78, 5) is 27.7. The summed E-state index contributed by atoms with van der Waals surface area (Å²) in [5.41, 5.74) is 3.87. The van der Waals surface area contributed by atoms with Gasteiger partial charge in [0.25, 0.3) is 0 Å². The zero-order valence-electron chi connectivity index (χ0n) is 20.1. The number of esters is 1. The SMILES string of the molecule is COc1cccc([C@@H]2CC(=O)C3=C(C2)NC(C)=C(C(=O)OCCOC(C)C)[C@@H]3c2cccs2)c1. The molecule has 2 heterocycles. The van der Waals surface area contributed by atoms with Gasteiger partial charge < -0.3 is 19.5 Å². The topological polar surface area (TPSA) is 73.9 Å². The van der Waals surface area contributed by atoms with Gasteiger partial charge in [-0.25, -0.2) is 4.79 Å². The van der Waals surface area contributed by atoms with Crippen LogP contribution in [0.25, 0.3) is 0 Å². The smallest absolute Gasteiger partial charge is 0.336 e. The van der Waals surface area contributed by atoms with Gasteiger partial charge >= 0.3 is 5.97 Å². The molecule has 0 fully saturated rings. The van der Waals surface area contributed by atoms with Gasteiger partial charge in [0.05, 0.1) is 31.3 Å². The van der Waals surface area contributed by atoms with Crippen molar-refractivity contribution in [2.45, 2.75) is 51.6 Å². The number of rotatable bonds is 8. The van der Waals surface area contributed by atoms with Gasteiger partial charge in [0.1, 0.15) is 12.4 Å². The molecule has 1 aliphatic carbocycles. The number of carbonyl (C=O) groups excluding carboxylic acids is 2. The average Bonchev–Trinajstić information content (AvgIpc) is 3.35. The van der Waals surface area contributed by atoms with Crippen LogP contribution in [0, 0.1) is 0 Å². The molecule has 0 saturated heterocycles. The number of thiophene rings is 1. The summed E-state index contributed by atoms with van der Waals surface area (Å²) >= 11 is 1.55. The number of ether oxygens (including phenoxy) is 3. The summed E-state index contributed by atoms with van der Waals surface area (Å²) in [6.45, 7) is 6.26. The Morgan fingerprint density at radius 1 is 1.18 bits per heavy atom. The monoisotopic (exact) mass is 481 g/mol. The Kier molecular flexibility index (Phi) is 7.54. The zero-order chi connectivity index (χ0) is 24.2. The van der Waals surface area contributed by atoms with Crippen LogP contribution in [0.3, 0.4) is 0 Å². The van der Waals surface area contributed by atoms with Crippen LogP contribution in [0.4, 0.5) is 0 Å². The number of allylic oxidation sites excluding steroid dienone is 3. The number of ketones is 1. The minimum absolute atomic E-state index is 0.0484. The maximum atomic E-state index is 13.6. The fraction of sp³-hybridized carbons (Fsp3) is 0.407. The van der Waals surface area contributed by atoms with Gasteiger partial charge in [0.2, 0.25) is 0 Å². The lowest BCUT2D eigenvalue weighted by Gasteiger charge is -2.36. The molecule has 0 saturated carbocycles. The van der Waals surface area contributed by atoms with Crippen molar-refractivity contribution in [2.24, 2.45) is 0 Å². The van der Waals surface area contributed by atoms with Crippen LogP contribution in [-0.2, 0) is 19.1 Å². The molecular weight excluding hydrogens is 450 g/mol. The van der Waals surface area contributed by atoms with E-state index < -0.39 is 11.9 Å². The van der Waals surface area contributed by atoms with Crippen molar-refractivity contribution in [1.29, 1.82) is 0 Å². The molecule has 2 aliphatic rings. The molecule has 1 aromatic heterocycles. The second-order valence-electron chi connectivity index (χ2n) is 8.86. The van der Waals surface area contributed by atoms with E-state index in [1.54, 1.807) is 18.4 Å². The van der Waals surface area contributed by atoms with Gasteiger partial charge in [0, 0.05) is 28.3 Å². The Labute approximate surface area is 204 Å². The van der Waals surface area contributed by atoms with Crippen LogP contribution in [0.5, 0.6) is 5.75 Å². The van der Waals surface area contributed by atoms with E-state index in [2.05, 4.69) is 5.32 Å². The van der Waals surface area contributed by atoms with Crippen molar-refractivity contribution in [3.63, 3.8) is 0 Å². The molecule has 1 aliphatic heterocycles. The lowest BCUT2D eigenvalue weighted by Crippen LogP contribution is -2.36. The van der Waals surface area contributed by atoms with Crippen molar-refractivity contribution in [1.82, 2.24) is 5.32 Å². The summed E-state index contributed by atoms with van der Waals surface area (Å²) in [5, 5.41) is 5.36. The largest absolute Gasteiger partial charge is 0.497 e. The molecule has 0 amide bonds. The van der Waals surface area contributed by atoms with Crippen LogP contribution in [0.15, 0.2) is 64.3 Å². The van der Waals surface area contributed by atoms with E-state index in [0.29, 0.717) is 30.6 Å². The van der Waals surface area contributed by atoms with Crippen molar-refractivity contribution in [2.75, 3.05) is 20.3 Å². The number of hydrogen-bond acceptors (Lipinski definition) is 7. The van der Waals surface area contributed by atoms with Gasteiger partial charge in [-0.15, -0.1) is 11.3 Å². The first-order chi connectivity index (χ1) is 16.4. The van der Waals surface area contributed by atoms with Crippen LogP contribution >= 0.6 is 11.3 Å². The first-order valence-electron chi connectivity index (χ1n) is 11.6. The predicted octanol–water partition coefficient (Wildman–Crippen LogP) is 5.09. The van der Waals surface area contributed by atoms with Gasteiger partial charge in [-0.05, 0) is 62.3 Å². The maximum absolute atomic E-state index is 13.6. The van der Waals surface area contributed by atoms with Crippen molar-refractivity contribution < 1.29 is 23.8 Å². The summed E-state index contributed by atoms with van der Waals surface area (Å²) in [6.07, 6.45) is 1.15. The highest BCUT2D eigenvalue weighted by molar-refractivity contribution is 7.10. The van der Waals surface area contributed by atoms with Gasteiger partial charge in [0.15, 0.2) is 5.78 Å². The van der Waals surface area contributed by atoms with E-state index in [1.807, 2.05) is 62.5 Å². The maximum Gasteiger partial charge on any atom is 0.336 e. The Hall–Kier alpha value is -2.90. The quantitative estimate of drug-likeness (QED) is 0.418. The molecule has 7 heteroatoms. The van der Waals surface area contributed by atoms with Crippen LogP contribution < -0.4 is 10.1 Å². The first kappa shape index (κ1) is 24.2. The molecule has 0 spiro atoms. The van der Waals surface area contributed by atoms with Crippen molar-refractivity contribution in [3.05, 3.63) is 74.8 Å². The van der Waals surface area contributed by atoms with E-state index in [4.69, 9.17) is 14.2 Å². The Balaban J connectivity index is 1.63. The van der Waals surface area contributed by atoms with Crippen LogP contribution in [0.2, 0.25) is 0 Å². The molecule has 0 radical (unpaired) electrons. The van der Waals surface area contributed by atoms with E-state index in [9.17, 15) is 9.59 Å². The third kappa shape index (κ3) is 5.10. The molecule has 4 rings (SSSR count). The average molecular weight is 482 g/mol. The minimum Gasteiger partial charge on any atom is -0.497 e. The second-order valence-corrected chi connectivity index (χ2v) is 9.84. The standard InChI is InChI=1S/C27H31NO5S/c1-16(2)32-10-11-33-27(30)24-17(3)28-21-14-19(18-7-5-8-20(13-18)31-4)15-22(29)25(21)26(24)23-9-6-12-34-23/h5-9,12-13,16,19,26,28H,10-11,14-15H2,1-4H3/t19-,26-/m0/s1. The number of hydrogen-bond donors (Lipinski definition) is 1. The van der Waals surface area contributed by atoms with Gasteiger partial charge in [-0.2, -0.15) is 0 Å². The highest BCUT2D eigenvalue weighted by Crippen LogP contribution is 2.46. The number of Topliss-reactive ketones (excluding diaryl/α,β-unsaturated/α-hetero) is 1. The molecule has 6 nitrogen and oxygen atoms in total. The van der Waals surface area contributed by atoms with Crippen molar-refractivity contribution in [3.8, 4) is 5.75 Å². The third-order valence-corrected chi connectivity index (χ3v) is 7.15. The zero-order valence-corrected chi connectivity index (χ0v) is 20.9. The number of benzene rings is 1. The summed E-state index contributed by atoms with van der Waals surface area (Å²) < 4.78 is 16.4. The van der Waals surface area contributed by atoms with Crippen molar-refractivity contribution >= 4 is 23.1 Å².